The van der Waals surface area contributed by atoms with E-state index in [0.29, 0.717) is 12.0 Å². The lowest BCUT2D eigenvalue weighted by atomic mass is 10.1. The Morgan fingerprint density at radius 3 is 2.65 bits per heavy atom. The van der Waals surface area contributed by atoms with E-state index in [-0.39, 0.29) is 28.8 Å². The highest BCUT2D eigenvalue weighted by atomic mass is 32.2. The first-order chi connectivity index (χ1) is 9.28. The van der Waals surface area contributed by atoms with Crippen LogP contribution in [0, 0.1) is 17.0 Å². The molecule has 1 aromatic carbocycles. The van der Waals surface area contributed by atoms with E-state index < -0.39 is 20.7 Å². The van der Waals surface area contributed by atoms with E-state index in [4.69, 9.17) is 0 Å². The molecule has 0 radical (unpaired) electrons. The second-order valence-corrected chi connectivity index (χ2v) is 7.06. The molecule has 7 nitrogen and oxygen atoms in total. The molecule has 0 spiro atoms. The van der Waals surface area contributed by atoms with E-state index in [1.54, 1.807) is 6.92 Å². The van der Waals surface area contributed by atoms with Crippen molar-refractivity contribution >= 4 is 21.4 Å². The summed E-state index contributed by atoms with van der Waals surface area (Å²) in [4.78, 5) is 22.1. The molecular formula is C12H14N2O5S. The first-order valence-electron chi connectivity index (χ1n) is 6.05. The summed E-state index contributed by atoms with van der Waals surface area (Å²) in [5, 5.41) is 13.3. The van der Waals surface area contributed by atoms with Crippen LogP contribution in [0.25, 0.3) is 0 Å². The Hall–Kier alpha value is -1.96. The van der Waals surface area contributed by atoms with E-state index >= 15 is 0 Å². The number of carbonyl (C=O) groups is 1. The van der Waals surface area contributed by atoms with Gasteiger partial charge in [-0.15, -0.1) is 0 Å². The number of aryl methyl sites for hydroxylation is 1. The Bertz CT molecular complexity index is 668. The maximum absolute atomic E-state index is 12.0. The summed E-state index contributed by atoms with van der Waals surface area (Å²) in [6.07, 6.45) is 0.403. The number of amides is 1. The minimum absolute atomic E-state index is 0.0509. The van der Waals surface area contributed by atoms with E-state index in [9.17, 15) is 23.3 Å². The van der Waals surface area contributed by atoms with Crippen LogP contribution in [0.1, 0.15) is 22.3 Å². The summed E-state index contributed by atoms with van der Waals surface area (Å²) in [5.41, 5.74) is 0.629. The first kappa shape index (κ1) is 14.4. The second-order valence-electron chi connectivity index (χ2n) is 4.83. The van der Waals surface area contributed by atoms with E-state index in [1.165, 1.54) is 18.2 Å². The van der Waals surface area contributed by atoms with Crippen molar-refractivity contribution in [2.24, 2.45) is 0 Å². The molecule has 1 amide bonds. The molecule has 2 rings (SSSR count). The van der Waals surface area contributed by atoms with Gasteiger partial charge in [-0.05, 0) is 25.5 Å². The van der Waals surface area contributed by atoms with Crippen LogP contribution in [0.3, 0.4) is 0 Å². The number of nitrogens with zero attached hydrogens (tertiary/aromatic N) is 1. The predicted molar refractivity (Wildman–Crippen MR) is 72.4 cm³/mol. The number of nitro benzene ring substituents is 1. The maximum Gasteiger partial charge on any atom is 0.272 e. The van der Waals surface area contributed by atoms with E-state index in [2.05, 4.69) is 5.32 Å². The zero-order valence-corrected chi connectivity index (χ0v) is 11.6. The fourth-order valence-electron chi connectivity index (χ4n) is 2.18. The van der Waals surface area contributed by atoms with Crippen LogP contribution in [-0.2, 0) is 9.84 Å². The maximum atomic E-state index is 12.0. The normalized spacial score (nSPS) is 20.6. The number of sulfone groups is 1. The topological polar surface area (TPSA) is 106 Å². The van der Waals surface area contributed by atoms with E-state index in [0.717, 1.165) is 0 Å². The molecule has 1 aliphatic heterocycles. The largest absolute Gasteiger partial charge is 0.348 e. The van der Waals surface area contributed by atoms with Gasteiger partial charge in [-0.3, -0.25) is 14.9 Å². The molecule has 108 valence electrons. The van der Waals surface area contributed by atoms with Gasteiger partial charge in [-0.1, -0.05) is 0 Å². The fourth-order valence-corrected chi connectivity index (χ4v) is 3.85. The Kier molecular flexibility index (Phi) is 3.76. The van der Waals surface area contributed by atoms with E-state index in [1.807, 2.05) is 0 Å². The molecule has 1 N–H and O–H groups in total. The zero-order valence-electron chi connectivity index (χ0n) is 10.8. The first-order valence-corrected chi connectivity index (χ1v) is 7.87. The van der Waals surface area contributed by atoms with Crippen LogP contribution in [-0.4, -0.2) is 36.8 Å². The minimum Gasteiger partial charge on any atom is -0.348 e. The fraction of sp³-hybridized carbons (Fsp3) is 0.417. The number of hydrogen-bond acceptors (Lipinski definition) is 5. The summed E-state index contributed by atoms with van der Waals surface area (Å²) in [5.74, 6) is -0.382. The Labute approximate surface area is 116 Å². The SMILES string of the molecule is Cc1cc(C(=O)NC2CCS(=O)(=O)C2)ccc1[N+](=O)[O-]. The smallest absolute Gasteiger partial charge is 0.272 e. The third-order valence-electron chi connectivity index (χ3n) is 3.22. The van der Waals surface area contributed by atoms with Gasteiger partial charge < -0.3 is 5.32 Å². The van der Waals surface area contributed by atoms with Gasteiger partial charge >= 0.3 is 0 Å². The van der Waals surface area contributed by atoms with Crippen molar-refractivity contribution in [3.8, 4) is 0 Å². The molecule has 1 atom stereocenters. The molecule has 1 aromatic rings. The van der Waals surface area contributed by atoms with Crippen molar-refractivity contribution in [1.82, 2.24) is 5.32 Å². The van der Waals surface area contributed by atoms with Crippen LogP contribution >= 0.6 is 0 Å². The molecular weight excluding hydrogens is 284 g/mol. The molecule has 8 heteroatoms. The van der Waals surface area contributed by atoms with Crippen molar-refractivity contribution in [2.45, 2.75) is 19.4 Å². The second kappa shape index (κ2) is 5.20. The summed E-state index contributed by atoms with van der Waals surface area (Å²) in [6, 6.07) is 3.68. The number of benzene rings is 1. The molecule has 0 saturated carbocycles. The zero-order chi connectivity index (χ0) is 14.9. The van der Waals surface area contributed by atoms with Crippen molar-refractivity contribution in [1.29, 1.82) is 0 Å². The number of nitrogens with one attached hydrogen (secondary N) is 1. The molecule has 1 aliphatic rings. The average molecular weight is 298 g/mol. The summed E-state index contributed by atoms with van der Waals surface area (Å²) in [6.45, 7) is 1.55. The monoisotopic (exact) mass is 298 g/mol. The van der Waals surface area contributed by atoms with Crippen LogP contribution in [0.5, 0.6) is 0 Å². The van der Waals surface area contributed by atoms with Gasteiger partial charge in [0.15, 0.2) is 9.84 Å². The van der Waals surface area contributed by atoms with Gasteiger partial charge in [-0.2, -0.15) is 0 Å². The Balaban J connectivity index is 2.10. The van der Waals surface area contributed by atoms with Gasteiger partial charge in [0.05, 0.1) is 16.4 Å². The molecule has 1 unspecified atom stereocenters. The highest BCUT2D eigenvalue weighted by molar-refractivity contribution is 7.91. The van der Waals surface area contributed by atoms with Gasteiger partial charge in [0.25, 0.3) is 11.6 Å². The van der Waals surface area contributed by atoms with Gasteiger partial charge in [0, 0.05) is 23.2 Å². The van der Waals surface area contributed by atoms with Crippen molar-refractivity contribution in [2.75, 3.05) is 11.5 Å². The van der Waals surface area contributed by atoms with Gasteiger partial charge in [0.2, 0.25) is 0 Å². The summed E-state index contributed by atoms with van der Waals surface area (Å²) >= 11 is 0. The third-order valence-corrected chi connectivity index (χ3v) is 4.99. The molecule has 1 saturated heterocycles. The Morgan fingerprint density at radius 2 is 2.15 bits per heavy atom. The number of rotatable bonds is 3. The molecule has 20 heavy (non-hydrogen) atoms. The average Bonchev–Trinajstić information content (AvgIpc) is 2.68. The van der Waals surface area contributed by atoms with Crippen molar-refractivity contribution < 1.29 is 18.1 Å². The summed E-state index contributed by atoms with van der Waals surface area (Å²) < 4.78 is 22.6. The van der Waals surface area contributed by atoms with Crippen molar-refractivity contribution in [3.63, 3.8) is 0 Å². The standard InChI is InChI=1S/C12H14N2O5S/c1-8-6-9(2-3-11(8)14(16)17)12(15)13-10-4-5-20(18,19)7-10/h2-3,6,10H,4-5,7H2,1H3,(H,13,15). The number of carbonyl (C=O) groups excluding carboxylic acids is 1. The van der Waals surface area contributed by atoms with Gasteiger partial charge in [-0.25, -0.2) is 8.42 Å². The minimum atomic E-state index is -3.05. The molecule has 0 bridgehead atoms. The molecule has 1 fully saturated rings. The quantitative estimate of drug-likeness (QED) is 0.656. The molecule has 0 aliphatic carbocycles. The Morgan fingerprint density at radius 1 is 1.45 bits per heavy atom. The lowest BCUT2D eigenvalue weighted by Gasteiger charge is -2.11. The lowest BCUT2D eigenvalue weighted by molar-refractivity contribution is -0.385. The van der Waals surface area contributed by atoms with Crippen LogP contribution in [0.2, 0.25) is 0 Å². The van der Waals surface area contributed by atoms with Gasteiger partial charge in [0.1, 0.15) is 0 Å². The van der Waals surface area contributed by atoms with Crippen LogP contribution in [0.15, 0.2) is 18.2 Å². The van der Waals surface area contributed by atoms with Crippen LogP contribution in [0.4, 0.5) is 5.69 Å². The summed E-state index contributed by atoms with van der Waals surface area (Å²) in [7, 11) is -3.05. The highest BCUT2D eigenvalue weighted by Crippen LogP contribution is 2.19. The lowest BCUT2D eigenvalue weighted by Crippen LogP contribution is -2.35. The third kappa shape index (κ3) is 3.13. The predicted octanol–water partition coefficient (Wildman–Crippen LogP) is 0.820. The number of nitro groups is 1. The number of hydrogen-bond donors (Lipinski definition) is 1. The van der Waals surface area contributed by atoms with Crippen LogP contribution < -0.4 is 5.32 Å². The molecule has 0 aromatic heterocycles. The van der Waals surface area contributed by atoms with Crippen molar-refractivity contribution in [3.05, 3.63) is 39.4 Å². The molecule has 1 heterocycles. The highest BCUT2D eigenvalue weighted by Gasteiger charge is 2.29.